The Labute approximate surface area is 63.0 Å². The molecule has 0 aliphatic carbocycles. The highest BCUT2D eigenvalue weighted by molar-refractivity contribution is 8.93. The molecule has 0 atom stereocenters. The fraction of sp³-hybridized carbons (Fsp3) is 0.500. The van der Waals surface area contributed by atoms with Crippen molar-refractivity contribution in [2.24, 2.45) is 11.5 Å². The molecule has 0 aromatic rings. The zero-order valence-corrected chi connectivity index (χ0v) is 7.01. The van der Waals surface area contributed by atoms with Crippen LogP contribution in [0, 0.1) is 0 Å². The summed E-state index contributed by atoms with van der Waals surface area (Å²) in [5.41, 5.74) is 9.22. The molecule has 0 fully saturated rings. The molecule has 3 nitrogen and oxygen atoms in total. The number of nitrogens with two attached hydrogens (primary N) is 2. The Bertz CT molecular complexity index is 49.0. The predicted molar refractivity (Wildman–Crippen MR) is 38.9 cm³/mol. The van der Waals surface area contributed by atoms with Crippen LogP contribution in [0.3, 0.4) is 0 Å². The van der Waals surface area contributed by atoms with Crippen LogP contribution in [0.25, 0.3) is 0 Å². The molecule has 0 rings (SSSR count). The van der Waals surface area contributed by atoms with Gasteiger partial charge in [0.05, 0.1) is 6.54 Å². The Morgan fingerprint density at radius 2 is 1.57 bits per heavy atom. The van der Waals surface area contributed by atoms with E-state index in [0.717, 1.165) is 0 Å². The van der Waals surface area contributed by atoms with Crippen LogP contribution in [0.1, 0.15) is 0 Å². The van der Waals surface area contributed by atoms with Crippen LogP contribution in [-0.2, 0) is 4.79 Å². The maximum atomic E-state index is 9.47. The summed E-state index contributed by atoms with van der Waals surface area (Å²) in [7, 11) is 0. The van der Waals surface area contributed by atoms with Crippen LogP contribution in [-0.4, -0.2) is 12.5 Å². The van der Waals surface area contributed by atoms with Gasteiger partial charge in [-0.05, 0) is 0 Å². The Kier molecular flexibility index (Phi) is 21.5. The van der Waals surface area contributed by atoms with E-state index in [0.29, 0.717) is 0 Å². The minimum absolute atomic E-state index is 0. The van der Waals surface area contributed by atoms with Crippen molar-refractivity contribution in [3.05, 3.63) is 0 Å². The molecule has 0 aliphatic rings. The standard InChI is InChI=1S/C2H6N2O.2BrH/c3-1-2(4)5;;/h1,3H2,(H2,4,5);2*1H. The summed E-state index contributed by atoms with van der Waals surface area (Å²) in [5, 5.41) is 0. The number of hydrogen-bond acceptors (Lipinski definition) is 2. The van der Waals surface area contributed by atoms with Crippen molar-refractivity contribution in [3.63, 3.8) is 0 Å². The van der Waals surface area contributed by atoms with Gasteiger partial charge >= 0.3 is 0 Å². The molecule has 0 spiro atoms. The van der Waals surface area contributed by atoms with Crippen molar-refractivity contribution >= 4 is 39.9 Å². The number of halogens is 2. The highest BCUT2D eigenvalue weighted by Crippen LogP contribution is 1.36. The number of hydrogen-bond donors (Lipinski definition) is 2. The molecule has 0 heterocycles. The topological polar surface area (TPSA) is 69.1 Å². The first-order chi connectivity index (χ1) is 2.27. The Morgan fingerprint density at radius 1 is 1.43 bits per heavy atom. The van der Waals surface area contributed by atoms with Crippen LogP contribution >= 0.6 is 34.0 Å². The number of rotatable bonds is 1. The van der Waals surface area contributed by atoms with Gasteiger partial charge in [0.1, 0.15) is 0 Å². The smallest absolute Gasteiger partial charge is 0.231 e. The third kappa shape index (κ3) is 21.6. The molecule has 7 heavy (non-hydrogen) atoms. The number of carbonyl (C=O) groups is 1. The monoisotopic (exact) mass is 234 g/mol. The molecular weight excluding hydrogens is 228 g/mol. The minimum atomic E-state index is -0.468. The zero-order valence-electron chi connectivity index (χ0n) is 3.59. The number of primary amides is 1. The van der Waals surface area contributed by atoms with Crippen molar-refractivity contribution < 1.29 is 4.79 Å². The maximum Gasteiger partial charge on any atom is 0.231 e. The van der Waals surface area contributed by atoms with Crippen LogP contribution in [0.15, 0.2) is 0 Å². The van der Waals surface area contributed by atoms with Gasteiger partial charge in [0, 0.05) is 0 Å². The Balaban J connectivity index is -0.0000000800. The average molecular weight is 236 g/mol. The van der Waals surface area contributed by atoms with Gasteiger partial charge in [0.25, 0.3) is 0 Å². The molecule has 5 heteroatoms. The predicted octanol–water partition coefficient (Wildman–Crippen LogP) is -0.414. The summed E-state index contributed by atoms with van der Waals surface area (Å²) in [6, 6.07) is 0. The first-order valence-corrected chi connectivity index (χ1v) is 1.25. The van der Waals surface area contributed by atoms with E-state index >= 15 is 0 Å². The lowest BCUT2D eigenvalue weighted by Gasteiger charge is -1.74. The maximum absolute atomic E-state index is 9.47. The molecule has 4 N–H and O–H groups in total. The van der Waals surface area contributed by atoms with E-state index in [1.54, 1.807) is 0 Å². The van der Waals surface area contributed by atoms with Crippen LogP contribution < -0.4 is 11.5 Å². The summed E-state index contributed by atoms with van der Waals surface area (Å²) >= 11 is 0. The molecule has 0 unspecified atom stereocenters. The highest BCUT2D eigenvalue weighted by atomic mass is 79.9. The normalized spacial score (nSPS) is 5.29. The van der Waals surface area contributed by atoms with Crippen molar-refractivity contribution in [1.82, 2.24) is 0 Å². The second-order valence-corrected chi connectivity index (χ2v) is 0.670. The van der Waals surface area contributed by atoms with Crippen LogP contribution in [0.5, 0.6) is 0 Å². The van der Waals surface area contributed by atoms with Gasteiger partial charge in [-0.25, -0.2) is 0 Å². The van der Waals surface area contributed by atoms with E-state index in [2.05, 4.69) is 5.73 Å². The molecule has 0 radical (unpaired) electrons. The molecule has 0 saturated heterocycles. The minimum Gasteiger partial charge on any atom is -0.369 e. The summed E-state index contributed by atoms with van der Waals surface area (Å²) in [6.07, 6.45) is 0. The van der Waals surface area contributed by atoms with E-state index in [4.69, 9.17) is 5.73 Å². The van der Waals surface area contributed by atoms with Gasteiger partial charge in [-0.1, -0.05) is 0 Å². The van der Waals surface area contributed by atoms with E-state index in [-0.39, 0.29) is 40.5 Å². The average Bonchev–Trinajstić information content (AvgIpc) is 1.38. The summed E-state index contributed by atoms with van der Waals surface area (Å²) in [6.45, 7) is -0.0556. The van der Waals surface area contributed by atoms with Gasteiger partial charge in [0.2, 0.25) is 5.91 Å². The van der Waals surface area contributed by atoms with E-state index in [1.807, 2.05) is 0 Å². The van der Waals surface area contributed by atoms with E-state index in [1.165, 1.54) is 0 Å². The first kappa shape index (κ1) is 15.7. The van der Waals surface area contributed by atoms with Crippen molar-refractivity contribution in [2.45, 2.75) is 0 Å². The molecule has 0 aromatic carbocycles. The molecule has 0 aliphatic heterocycles. The lowest BCUT2D eigenvalue weighted by molar-refractivity contribution is -0.116. The Hall–Kier alpha value is 0.390. The number of amides is 1. The fourth-order valence-electron chi connectivity index (χ4n) is 0. The van der Waals surface area contributed by atoms with Gasteiger partial charge < -0.3 is 11.5 Å². The largest absolute Gasteiger partial charge is 0.369 e. The van der Waals surface area contributed by atoms with Gasteiger partial charge in [-0.2, -0.15) is 0 Å². The lowest BCUT2D eigenvalue weighted by atomic mass is 10.7. The van der Waals surface area contributed by atoms with Gasteiger partial charge in [-0.3, -0.25) is 4.79 Å². The fourth-order valence-corrected chi connectivity index (χ4v) is 0. The summed E-state index contributed by atoms with van der Waals surface area (Å²) in [5.74, 6) is -0.468. The second kappa shape index (κ2) is 9.63. The van der Waals surface area contributed by atoms with Crippen molar-refractivity contribution in [2.75, 3.05) is 6.54 Å². The van der Waals surface area contributed by atoms with Crippen LogP contribution in [0.2, 0.25) is 0 Å². The van der Waals surface area contributed by atoms with Crippen molar-refractivity contribution in [3.8, 4) is 0 Å². The molecular formula is C2H8Br2N2O. The molecule has 0 bridgehead atoms. The number of carbonyl (C=O) groups excluding carboxylic acids is 1. The van der Waals surface area contributed by atoms with Gasteiger partial charge in [0.15, 0.2) is 0 Å². The summed E-state index contributed by atoms with van der Waals surface area (Å²) in [4.78, 5) is 9.47. The zero-order chi connectivity index (χ0) is 4.28. The lowest BCUT2D eigenvalue weighted by Crippen LogP contribution is -2.21. The molecule has 46 valence electrons. The molecule has 0 saturated carbocycles. The van der Waals surface area contributed by atoms with E-state index < -0.39 is 5.91 Å². The van der Waals surface area contributed by atoms with E-state index in [9.17, 15) is 4.79 Å². The quantitative estimate of drug-likeness (QED) is 0.649. The Morgan fingerprint density at radius 3 is 1.57 bits per heavy atom. The third-order valence-corrected chi connectivity index (χ3v) is 0.201. The first-order valence-electron chi connectivity index (χ1n) is 1.25. The second-order valence-electron chi connectivity index (χ2n) is 0.670. The SMILES string of the molecule is Br.Br.NCC(N)=O. The molecule has 0 aromatic heterocycles. The highest BCUT2D eigenvalue weighted by Gasteiger charge is 1.77. The molecule has 1 amide bonds. The third-order valence-electron chi connectivity index (χ3n) is 0.201. The van der Waals surface area contributed by atoms with Gasteiger partial charge in [-0.15, -0.1) is 34.0 Å². The van der Waals surface area contributed by atoms with Crippen LogP contribution in [0.4, 0.5) is 0 Å². The summed E-state index contributed by atoms with van der Waals surface area (Å²) < 4.78 is 0. The van der Waals surface area contributed by atoms with Crippen molar-refractivity contribution in [1.29, 1.82) is 0 Å².